The van der Waals surface area contributed by atoms with Gasteiger partial charge in [0.15, 0.2) is 11.6 Å². The van der Waals surface area contributed by atoms with Crippen molar-refractivity contribution in [2.24, 2.45) is 0 Å². The summed E-state index contributed by atoms with van der Waals surface area (Å²) in [5.41, 5.74) is 9.25. The van der Waals surface area contributed by atoms with E-state index in [1.807, 2.05) is 6.07 Å². The Hall–Kier alpha value is -7.52. The lowest BCUT2D eigenvalue weighted by Gasteiger charge is -2.13. The van der Waals surface area contributed by atoms with E-state index in [0.717, 1.165) is 70.4 Å². The maximum atomic E-state index is 5.48. The second-order valence-corrected chi connectivity index (χ2v) is 17.1. The highest BCUT2D eigenvalue weighted by atomic mass is 32.1. The predicted octanol–water partition coefficient (Wildman–Crippen LogP) is 14.0. The zero-order chi connectivity index (χ0) is 39.3. The first-order chi connectivity index (χ1) is 29.7. The summed E-state index contributed by atoms with van der Waals surface area (Å²) in [6.07, 6.45) is 0. The molecule has 0 bridgehead atoms. The Kier molecular flexibility index (Phi) is 7.24. The van der Waals surface area contributed by atoms with Crippen LogP contribution in [0.1, 0.15) is 0 Å². The normalized spacial score (nSPS) is 12.0. The van der Waals surface area contributed by atoms with E-state index in [4.69, 9.17) is 19.9 Å². The van der Waals surface area contributed by atoms with E-state index in [9.17, 15) is 0 Å². The van der Waals surface area contributed by atoms with Crippen LogP contribution in [0.5, 0.6) is 0 Å². The molecule has 5 heterocycles. The predicted molar refractivity (Wildman–Crippen MR) is 251 cm³/mol. The number of fused-ring (bicyclic) bond motifs is 11. The van der Waals surface area contributed by atoms with Crippen LogP contribution in [0.2, 0.25) is 0 Å². The van der Waals surface area contributed by atoms with Gasteiger partial charge in [0, 0.05) is 64.1 Å². The summed E-state index contributed by atoms with van der Waals surface area (Å²) in [4.78, 5) is 21.4. The van der Waals surface area contributed by atoms with Gasteiger partial charge < -0.3 is 4.57 Å². The second kappa shape index (κ2) is 13.0. The van der Waals surface area contributed by atoms with E-state index < -0.39 is 0 Å². The molecule has 6 nitrogen and oxygen atoms in total. The van der Waals surface area contributed by atoms with Crippen LogP contribution in [0.3, 0.4) is 0 Å². The van der Waals surface area contributed by atoms with Gasteiger partial charge in [0.2, 0.25) is 5.95 Å². The Morgan fingerprint density at radius 3 is 1.78 bits per heavy atom. The van der Waals surface area contributed by atoms with Crippen LogP contribution in [0, 0.1) is 0 Å². The Morgan fingerprint density at radius 1 is 0.383 bits per heavy atom. The number of thiophene rings is 1. The smallest absolute Gasteiger partial charge is 0.238 e. The van der Waals surface area contributed by atoms with Crippen LogP contribution in [-0.2, 0) is 0 Å². The minimum Gasteiger partial charge on any atom is -0.307 e. The van der Waals surface area contributed by atoms with Gasteiger partial charge in [0.25, 0.3) is 0 Å². The number of benzene rings is 8. The quantitative estimate of drug-likeness (QED) is 0.174. The van der Waals surface area contributed by atoms with Gasteiger partial charge in [-0.05, 0) is 48.5 Å². The van der Waals surface area contributed by atoms with Crippen LogP contribution in [0.25, 0.3) is 119 Å². The lowest BCUT2D eigenvalue weighted by Crippen LogP contribution is -2.07. The molecular formula is C52H30N6S2. The molecule has 5 aromatic heterocycles. The minimum atomic E-state index is 0.555. The Balaban J connectivity index is 1.15. The van der Waals surface area contributed by atoms with Gasteiger partial charge in [0.1, 0.15) is 5.01 Å². The van der Waals surface area contributed by atoms with Crippen molar-refractivity contribution in [1.82, 2.24) is 29.1 Å². The van der Waals surface area contributed by atoms with Gasteiger partial charge in [-0.2, -0.15) is 9.97 Å². The molecule has 0 aliphatic heterocycles. The van der Waals surface area contributed by atoms with Gasteiger partial charge >= 0.3 is 0 Å². The van der Waals surface area contributed by atoms with Crippen molar-refractivity contribution >= 4 is 96.7 Å². The number of rotatable bonds is 5. The third-order valence-electron chi connectivity index (χ3n) is 11.6. The van der Waals surface area contributed by atoms with Gasteiger partial charge in [-0.1, -0.05) is 133 Å². The van der Waals surface area contributed by atoms with Crippen molar-refractivity contribution in [3.8, 4) is 45.0 Å². The van der Waals surface area contributed by atoms with Gasteiger partial charge in [-0.3, -0.25) is 4.57 Å². The minimum absolute atomic E-state index is 0.555. The highest BCUT2D eigenvalue weighted by molar-refractivity contribution is 7.25. The molecule has 8 heteroatoms. The number of thiazole rings is 1. The number of hydrogen-bond donors (Lipinski definition) is 0. The first kappa shape index (κ1) is 33.5. The first-order valence-electron chi connectivity index (χ1n) is 19.9. The van der Waals surface area contributed by atoms with Crippen LogP contribution < -0.4 is 0 Å². The molecule has 8 aromatic carbocycles. The summed E-state index contributed by atoms with van der Waals surface area (Å²) in [6, 6.07) is 64.3. The molecule has 0 aliphatic carbocycles. The zero-order valence-corrected chi connectivity index (χ0v) is 33.5. The maximum absolute atomic E-state index is 5.48. The van der Waals surface area contributed by atoms with Crippen LogP contribution in [0.15, 0.2) is 182 Å². The zero-order valence-electron chi connectivity index (χ0n) is 31.8. The molecule has 0 saturated heterocycles. The van der Waals surface area contributed by atoms with Crippen molar-refractivity contribution in [3.63, 3.8) is 0 Å². The summed E-state index contributed by atoms with van der Waals surface area (Å²) < 4.78 is 8.15. The standard InChI is InChI=1S/C52H30N6S2/c1-3-14-31(15-4-1)51-53-41-22-13-21-40(48(41)60-51)50-54-49(32-26-27-37-36-20-9-12-25-44(36)59-45(37)30-32)55-52(56-50)58-43-24-11-8-19-35(43)39-29-28-38-34-18-7-10-23-42(34)57(46(38)47(39)58)33-16-5-2-6-17-33/h1-30H. The molecule has 0 radical (unpaired) electrons. The van der Waals surface area contributed by atoms with Crippen LogP contribution in [0.4, 0.5) is 0 Å². The van der Waals surface area contributed by atoms with Gasteiger partial charge in [-0.15, -0.1) is 22.7 Å². The van der Waals surface area contributed by atoms with Crippen molar-refractivity contribution in [2.75, 3.05) is 0 Å². The molecular weight excluding hydrogens is 773 g/mol. The fourth-order valence-electron chi connectivity index (χ4n) is 8.96. The van der Waals surface area contributed by atoms with E-state index in [-0.39, 0.29) is 0 Å². The third-order valence-corrected chi connectivity index (χ3v) is 13.9. The second-order valence-electron chi connectivity index (χ2n) is 15.0. The maximum Gasteiger partial charge on any atom is 0.238 e. The van der Waals surface area contributed by atoms with E-state index in [1.165, 1.54) is 30.9 Å². The molecule has 0 N–H and O–H groups in total. The molecule has 0 fully saturated rings. The molecule has 0 atom stereocenters. The van der Waals surface area contributed by atoms with Crippen molar-refractivity contribution < 1.29 is 0 Å². The van der Waals surface area contributed by atoms with Crippen LogP contribution >= 0.6 is 22.7 Å². The number of nitrogens with zero attached hydrogens (tertiary/aromatic N) is 6. The van der Waals surface area contributed by atoms with E-state index in [0.29, 0.717) is 17.6 Å². The lowest BCUT2D eigenvalue weighted by molar-refractivity contribution is 0.954. The molecule has 280 valence electrons. The van der Waals surface area contributed by atoms with Gasteiger partial charge in [-0.25, -0.2) is 9.97 Å². The van der Waals surface area contributed by atoms with E-state index in [2.05, 4.69) is 185 Å². The summed E-state index contributed by atoms with van der Waals surface area (Å²) in [5.74, 6) is 1.77. The molecule has 0 unspecified atom stereocenters. The third kappa shape index (κ3) is 4.98. The Labute approximate surface area is 350 Å². The molecule has 13 rings (SSSR count). The van der Waals surface area contributed by atoms with E-state index in [1.54, 1.807) is 22.7 Å². The molecule has 0 spiro atoms. The van der Waals surface area contributed by atoms with Crippen molar-refractivity contribution in [2.45, 2.75) is 0 Å². The monoisotopic (exact) mass is 802 g/mol. The summed E-state index contributed by atoms with van der Waals surface area (Å²) in [7, 11) is 0. The first-order valence-corrected chi connectivity index (χ1v) is 21.5. The topological polar surface area (TPSA) is 61.4 Å². The average Bonchev–Trinajstić information content (AvgIpc) is 4.08. The number of para-hydroxylation sites is 3. The van der Waals surface area contributed by atoms with Crippen molar-refractivity contribution in [1.29, 1.82) is 0 Å². The summed E-state index contributed by atoms with van der Waals surface area (Å²) in [6.45, 7) is 0. The highest BCUT2D eigenvalue weighted by Crippen LogP contribution is 2.43. The molecule has 60 heavy (non-hydrogen) atoms. The number of hydrogen-bond acceptors (Lipinski definition) is 6. The number of aromatic nitrogens is 6. The molecule has 0 aliphatic rings. The van der Waals surface area contributed by atoms with Crippen molar-refractivity contribution in [3.05, 3.63) is 182 Å². The fourth-order valence-corrected chi connectivity index (χ4v) is 11.2. The van der Waals surface area contributed by atoms with Crippen LogP contribution in [-0.4, -0.2) is 29.1 Å². The Morgan fingerprint density at radius 2 is 1.00 bits per heavy atom. The molecule has 0 saturated carbocycles. The molecule has 0 amide bonds. The summed E-state index contributed by atoms with van der Waals surface area (Å²) >= 11 is 3.47. The molecule has 13 aromatic rings. The van der Waals surface area contributed by atoms with Gasteiger partial charge in [0.05, 0.1) is 32.3 Å². The lowest BCUT2D eigenvalue weighted by atomic mass is 10.1. The highest BCUT2D eigenvalue weighted by Gasteiger charge is 2.24. The van der Waals surface area contributed by atoms with E-state index >= 15 is 0 Å². The fraction of sp³-hybridized carbons (Fsp3) is 0. The average molecular weight is 803 g/mol. The Bertz CT molecular complexity index is 3840. The largest absolute Gasteiger partial charge is 0.307 e. The summed E-state index contributed by atoms with van der Waals surface area (Å²) in [5, 5.41) is 8.07. The SMILES string of the molecule is c1ccc(-c2nc3cccc(-c4nc(-c5ccc6c(c5)sc5ccccc56)nc(-n5c6ccccc6c6ccc7c8ccccc8n(-c8ccccc8)c7c65)n4)c3s2)cc1.